The molecule has 0 fully saturated rings. The van der Waals surface area contributed by atoms with Crippen molar-refractivity contribution in [3.63, 3.8) is 0 Å². The molecule has 0 amide bonds. The van der Waals surface area contributed by atoms with Crippen LogP contribution in [0.15, 0.2) is 40.4 Å². The zero-order valence-electron chi connectivity index (χ0n) is 7.02. The van der Waals surface area contributed by atoms with Crippen LogP contribution in [0, 0.1) is 0 Å². The van der Waals surface area contributed by atoms with Gasteiger partial charge in [0.25, 0.3) is 0 Å². The molecule has 0 aromatic carbocycles. The molecule has 2 heterocycles. The molecule has 0 N–H and O–H groups in total. The largest absolute Gasteiger partial charge is 0.316 e. The van der Waals surface area contributed by atoms with Crippen molar-refractivity contribution in [2.24, 2.45) is 4.99 Å². The van der Waals surface area contributed by atoms with E-state index in [1.54, 1.807) is 0 Å². The average Bonchev–Trinajstić information content (AvgIpc) is 2.17. The van der Waals surface area contributed by atoms with Gasteiger partial charge in [-0.2, -0.15) is 0 Å². The Morgan fingerprint density at radius 1 is 1.57 bits per heavy atom. The predicted molar refractivity (Wildman–Crippen MR) is 51.4 cm³/mol. The quantitative estimate of drug-likeness (QED) is 0.490. The fourth-order valence-corrected chi connectivity index (χ4v) is 1.50. The molecule has 1 atom stereocenters. The van der Waals surface area contributed by atoms with E-state index < -0.39 is 11.9 Å². The Balaban J connectivity index is 2.41. The van der Waals surface area contributed by atoms with E-state index in [-0.39, 0.29) is 5.16 Å². The molecule has 2 rings (SSSR count). The first-order valence-electron chi connectivity index (χ1n) is 3.96. The molecule has 0 radical (unpaired) electrons. The third-order valence-electron chi connectivity index (χ3n) is 1.91. The summed E-state index contributed by atoms with van der Waals surface area (Å²) in [6.45, 7) is 0. The number of nitrogens with zero attached hydrogens (tertiary/aromatic N) is 2. The molecule has 0 aromatic rings. The molecular weight excluding hydrogens is 207 g/mol. The van der Waals surface area contributed by atoms with Crippen LogP contribution in [0.4, 0.5) is 4.39 Å². The molecule has 14 heavy (non-hydrogen) atoms. The fourth-order valence-electron chi connectivity index (χ4n) is 1.29. The number of hydrogen-bond acceptors (Lipinski definition) is 3. The van der Waals surface area contributed by atoms with Crippen LogP contribution in [-0.2, 0) is 4.79 Å². The summed E-state index contributed by atoms with van der Waals surface area (Å²) in [4.78, 5) is 16.1. The summed E-state index contributed by atoms with van der Waals surface area (Å²) >= 11 is 5.69. The number of allylic oxidation sites excluding steroid dienone is 2. The van der Waals surface area contributed by atoms with Crippen molar-refractivity contribution in [2.45, 2.75) is 6.04 Å². The highest BCUT2D eigenvalue weighted by atomic mass is 35.5. The maximum Gasteiger partial charge on any atom is 0.146 e. The number of fused-ring (bicyclic) bond motifs is 1. The summed E-state index contributed by atoms with van der Waals surface area (Å²) in [5.41, 5.74) is 0. The number of aldehydes is 1. The number of halogens is 2. The molecule has 0 spiro atoms. The van der Waals surface area contributed by atoms with E-state index in [4.69, 9.17) is 11.6 Å². The molecule has 5 heteroatoms. The highest BCUT2D eigenvalue weighted by molar-refractivity contribution is 6.30. The topological polar surface area (TPSA) is 32.7 Å². The van der Waals surface area contributed by atoms with Crippen molar-refractivity contribution in [1.82, 2.24) is 4.90 Å². The number of carbonyl (C=O) groups excluding carboxylic acids is 1. The lowest BCUT2D eigenvalue weighted by Crippen LogP contribution is -2.38. The van der Waals surface area contributed by atoms with Crippen LogP contribution in [0.2, 0.25) is 0 Å². The molecule has 0 saturated carbocycles. The lowest BCUT2D eigenvalue weighted by Gasteiger charge is -2.29. The summed E-state index contributed by atoms with van der Waals surface area (Å²) in [6, 6.07) is -0.578. The highest BCUT2D eigenvalue weighted by Gasteiger charge is 2.23. The molecule has 2 aliphatic heterocycles. The molecule has 0 aromatic heterocycles. The number of amidine groups is 1. The Labute approximate surface area is 84.9 Å². The van der Waals surface area contributed by atoms with Gasteiger partial charge >= 0.3 is 0 Å². The molecule has 2 aliphatic rings. The van der Waals surface area contributed by atoms with E-state index in [9.17, 15) is 9.18 Å². The maximum atomic E-state index is 12.9. The highest BCUT2D eigenvalue weighted by Crippen LogP contribution is 2.21. The van der Waals surface area contributed by atoms with Crippen LogP contribution in [0.1, 0.15) is 0 Å². The van der Waals surface area contributed by atoms with Crippen LogP contribution < -0.4 is 0 Å². The monoisotopic (exact) mass is 212 g/mol. The van der Waals surface area contributed by atoms with E-state index >= 15 is 0 Å². The molecule has 72 valence electrons. The van der Waals surface area contributed by atoms with Crippen molar-refractivity contribution in [3.8, 4) is 0 Å². The third-order valence-corrected chi connectivity index (χ3v) is 2.12. The minimum Gasteiger partial charge on any atom is -0.316 e. The van der Waals surface area contributed by atoms with E-state index in [0.717, 1.165) is 0 Å². The summed E-state index contributed by atoms with van der Waals surface area (Å²) in [7, 11) is 0. The molecule has 0 saturated heterocycles. The summed E-state index contributed by atoms with van der Waals surface area (Å²) in [5, 5.41) is 0.244. The summed E-state index contributed by atoms with van der Waals surface area (Å²) < 4.78 is 12.9. The van der Waals surface area contributed by atoms with Crippen molar-refractivity contribution < 1.29 is 9.18 Å². The van der Waals surface area contributed by atoms with Gasteiger partial charge in [-0.05, 0) is 18.2 Å². The zero-order chi connectivity index (χ0) is 10.1. The van der Waals surface area contributed by atoms with Gasteiger partial charge in [0.1, 0.15) is 29.1 Å². The number of hydrogen-bond donors (Lipinski definition) is 0. The van der Waals surface area contributed by atoms with Crippen LogP contribution >= 0.6 is 11.6 Å². The van der Waals surface area contributed by atoms with Gasteiger partial charge in [0.2, 0.25) is 0 Å². The van der Waals surface area contributed by atoms with Gasteiger partial charge in [-0.1, -0.05) is 11.6 Å². The van der Waals surface area contributed by atoms with Crippen molar-refractivity contribution in [3.05, 3.63) is 35.4 Å². The van der Waals surface area contributed by atoms with Gasteiger partial charge in [0.05, 0.1) is 0 Å². The van der Waals surface area contributed by atoms with Crippen LogP contribution in [0.3, 0.4) is 0 Å². The van der Waals surface area contributed by atoms with Gasteiger partial charge in [-0.3, -0.25) is 0 Å². The lowest BCUT2D eigenvalue weighted by molar-refractivity contribution is -0.109. The summed E-state index contributed by atoms with van der Waals surface area (Å²) in [5.74, 6) is 0.0539. The number of rotatable bonds is 1. The second kappa shape index (κ2) is 3.38. The Kier molecular flexibility index (Phi) is 2.21. The van der Waals surface area contributed by atoms with E-state index in [0.29, 0.717) is 12.1 Å². The van der Waals surface area contributed by atoms with Gasteiger partial charge in [0.15, 0.2) is 0 Å². The van der Waals surface area contributed by atoms with Gasteiger partial charge in [0, 0.05) is 6.20 Å². The molecule has 3 nitrogen and oxygen atoms in total. The van der Waals surface area contributed by atoms with Gasteiger partial charge in [-0.15, -0.1) is 0 Å². The Hall–Kier alpha value is -1.42. The number of aliphatic imine (C=N–C) groups is 1. The van der Waals surface area contributed by atoms with Crippen molar-refractivity contribution in [2.75, 3.05) is 0 Å². The molecule has 1 unspecified atom stereocenters. The number of carbonyl (C=O) groups is 1. The van der Waals surface area contributed by atoms with Gasteiger partial charge in [-0.25, -0.2) is 9.38 Å². The zero-order valence-corrected chi connectivity index (χ0v) is 7.78. The lowest BCUT2D eigenvalue weighted by atomic mass is 10.2. The minimum atomic E-state index is -0.578. The fraction of sp³-hybridized carbons (Fsp3) is 0.111. The van der Waals surface area contributed by atoms with Crippen molar-refractivity contribution >= 4 is 23.7 Å². The predicted octanol–water partition coefficient (Wildman–Crippen LogP) is 1.73. The SMILES string of the molecule is O=CC1C=C(Cl)N=C2C=CC(F)=CN21. The maximum absolute atomic E-state index is 12.9. The van der Waals surface area contributed by atoms with Crippen LogP contribution in [0.5, 0.6) is 0 Å². The smallest absolute Gasteiger partial charge is 0.146 e. The van der Waals surface area contributed by atoms with Crippen LogP contribution in [0.25, 0.3) is 0 Å². The second-order valence-corrected chi connectivity index (χ2v) is 3.23. The first kappa shape index (κ1) is 9.15. The first-order valence-corrected chi connectivity index (χ1v) is 4.33. The van der Waals surface area contributed by atoms with E-state index in [2.05, 4.69) is 4.99 Å². The third kappa shape index (κ3) is 1.48. The Morgan fingerprint density at radius 3 is 3.07 bits per heavy atom. The Bertz CT molecular complexity index is 398. The summed E-state index contributed by atoms with van der Waals surface area (Å²) in [6.07, 6.45) is 6.10. The minimum absolute atomic E-state index is 0.244. The molecule has 0 bridgehead atoms. The normalized spacial score (nSPS) is 24.9. The van der Waals surface area contributed by atoms with Crippen molar-refractivity contribution in [1.29, 1.82) is 0 Å². The standard InChI is InChI=1S/C9H6ClFN2O/c10-8-3-7(5-14)13-4-6(11)1-2-9(13)12-8/h1-5,7H. The van der Waals surface area contributed by atoms with Crippen LogP contribution in [-0.4, -0.2) is 23.1 Å². The first-order chi connectivity index (χ1) is 6.70. The Morgan fingerprint density at radius 2 is 2.36 bits per heavy atom. The molecule has 0 aliphatic carbocycles. The van der Waals surface area contributed by atoms with Gasteiger partial charge < -0.3 is 9.69 Å². The molecular formula is C9H6ClFN2O. The average molecular weight is 213 g/mol. The van der Waals surface area contributed by atoms with E-state index in [1.165, 1.54) is 29.3 Å². The van der Waals surface area contributed by atoms with E-state index in [1.807, 2.05) is 0 Å². The second-order valence-electron chi connectivity index (χ2n) is 2.84.